The number of aliphatic imine (C=N–C) groups is 1. The standard InChI is InChI=1S/C25H32N2O2/c1-25(2)19-29-24(26-25)22-8-10-23(11-9-22)28-17-14-20-12-15-27(16-13-20)18-21-6-4-3-5-7-21/h3-11,20H,12-19H2,1-2H3. The molecule has 2 aliphatic rings. The Balaban J connectivity index is 1.17. The maximum absolute atomic E-state index is 6.00. The zero-order valence-electron chi connectivity index (χ0n) is 17.6. The molecule has 0 N–H and O–H groups in total. The molecule has 0 unspecified atom stereocenters. The molecule has 2 heterocycles. The highest BCUT2D eigenvalue weighted by Crippen LogP contribution is 2.24. The summed E-state index contributed by atoms with van der Waals surface area (Å²) in [6.45, 7) is 9.05. The van der Waals surface area contributed by atoms with Crippen molar-refractivity contribution in [2.75, 3.05) is 26.3 Å². The van der Waals surface area contributed by atoms with E-state index >= 15 is 0 Å². The first-order chi connectivity index (χ1) is 14.1. The van der Waals surface area contributed by atoms with Crippen molar-refractivity contribution in [3.05, 3.63) is 65.7 Å². The van der Waals surface area contributed by atoms with Crippen LogP contribution in [0.4, 0.5) is 0 Å². The first-order valence-electron chi connectivity index (χ1n) is 10.8. The molecule has 4 rings (SSSR count). The Hall–Kier alpha value is -2.33. The van der Waals surface area contributed by atoms with Crippen LogP contribution in [0.1, 0.15) is 44.2 Å². The summed E-state index contributed by atoms with van der Waals surface area (Å²) in [5.41, 5.74) is 2.31. The van der Waals surface area contributed by atoms with Gasteiger partial charge in [0, 0.05) is 12.1 Å². The molecule has 1 saturated heterocycles. The molecular formula is C25H32N2O2. The molecule has 0 amide bonds. The molecule has 0 aliphatic carbocycles. The van der Waals surface area contributed by atoms with Crippen LogP contribution in [0.25, 0.3) is 0 Å². The zero-order chi connectivity index (χ0) is 20.1. The summed E-state index contributed by atoms with van der Waals surface area (Å²) in [6, 6.07) is 18.9. The van der Waals surface area contributed by atoms with E-state index in [9.17, 15) is 0 Å². The first kappa shape index (κ1) is 20.0. The highest BCUT2D eigenvalue weighted by Gasteiger charge is 2.27. The Morgan fingerprint density at radius 1 is 1.03 bits per heavy atom. The Morgan fingerprint density at radius 2 is 1.76 bits per heavy atom. The topological polar surface area (TPSA) is 34.1 Å². The van der Waals surface area contributed by atoms with Crippen molar-refractivity contribution in [2.45, 2.75) is 45.2 Å². The number of benzene rings is 2. The van der Waals surface area contributed by atoms with Crippen LogP contribution in [-0.2, 0) is 11.3 Å². The van der Waals surface area contributed by atoms with Crippen LogP contribution in [0.2, 0.25) is 0 Å². The Morgan fingerprint density at radius 3 is 2.41 bits per heavy atom. The summed E-state index contributed by atoms with van der Waals surface area (Å²) in [5, 5.41) is 0. The van der Waals surface area contributed by atoms with Crippen molar-refractivity contribution in [3.63, 3.8) is 0 Å². The number of rotatable bonds is 7. The van der Waals surface area contributed by atoms with E-state index in [2.05, 4.69) is 54.1 Å². The minimum Gasteiger partial charge on any atom is -0.494 e. The van der Waals surface area contributed by atoms with Gasteiger partial charge in [-0.1, -0.05) is 30.3 Å². The summed E-state index contributed by atoms with van der Waals surface area (Å²) in [5.74, 6) is 2.43. The Labute approximate surface area is 174 Å². The molecule has 0 spiro atoms. The van der Waals surface area contributed by atoms with Gasteiger partial charge in [0.2, 0.25) is 5.90 Å². The van der Waals surface area contributed by atoms with Gasteiger partial charge in [0.1, 0.15) is 12.4 Å². The molecule has 0 radical (unpaired) electrons. The van der Waals surface area contributed by atoms with Crippen molar-refractivity contribution < 1.29 is 9.47 Å². The number of hydrogen-bond acceptors (Lipinski definition) is 4. The first-order valence-corrected chi connectivity index (χ1v) is 10.8. The van der Waals surface area contributed by atoms with Crippen LogP contribution in [-0.4, -0.2) is 42.6 Å². The molecule has 0 aromatic heterocycles. The van der Waals surface area contributed by atoms with Gasteiger partial charge in [-0.2, -0.15) is 0 Å². The second kappa shape index (κ2) is 9.00. The van der Waals surface area contributed by atoms with E-state index in [0.717, 1.165) is 42.7 Å². The molecular weight excluding hydrogens is 360 g/mol. The number of nitrogens with zero attached hydrogens (tertiary/aromatic N) is 2. The summed E-state index contributed by atoms with van der Waals surface area (Å²) >= 11 is 0. The highest BCUT2D eigenvalue weighted by atomic mass is 16.5. The summed E-state index contributed by atoms with van der Waals surface area (Å²) in [6.07, 6.45) is 3.66. The molecule has 4 nitrogen and oxygen atoms in total. The Kier molecular flexibility index (Phi) is 6.19. The minimum absolute atomic E-state index is 0.124. The van der Waals surface area contributed by atoms with E-state index in [0.29, 0.717) is 6.61 Å². The number of likely N-dealkylation sites (tertiary alicyclic amines) is 1. The number of hydrogen-bond donors (Lipinski definition) is 0. The van der Waals surface area contributed by atoms with Gasteiger partial charge in [-0.3, -0.25) is 4.90 Å². The molecule has 2 aromatic carbocycles. The van der Waals surface area contributed by atoms with E-state index < -0.39 is 0 Å². The van der Waals surface area contributed by atoms with Crippen LogP contribution in [0, 0.1) is 5.92 Å². The van der Waals surface area contributed by atoms with E-state index in [1.807, 2.05) is 24.3 Å². The van der Waals surface area contributed by atoms with Gasteiger partial charge in [-0.25, -0.2) is 4.99 Å². The van der Waals surface area contributed by atoms with Crippen molar-refractivity contribution in [1.29, 1.82) is 0 Å². The fraction of sp³-hybridized carbons (Fsp3) is 0.480. The van der Waals surface area contributed by atoms with Crippen molar-refractivity contribution in [1.82, 2.24) is 4.90 Å². The smallest absolute Gasteiger partial charge is 0.216 e. The lowest BCUT2D eigenvalue weighted by Gasteiger charge is -2.32. The van der Waals surface area contributed by atoms with E-state index in [1.165, 1.54) is 31.5 Å². The van der Waals surface area contributed by atoms with E-state index in [4.69, 9.17) is 9.47 Å². The molecule has 4 heteroatoms. The van der Waals surface area contributed by atoms with Gasteiger partial charge in [-0.15, -0.1) is 0 Å². The molecule has 2 aromatic rings. The average molecular weight is 393 g/mol. The molecule has 29 heavy (non-hydrogen) atoms. The third-order valence-electron chi connectivity index (χ3n) is 5.82. The SMILES string of the molecule is CC1(C)COC(c2ccc(OCCC3CCN(Cc4ccccc4)CC3)cc2)=N1. The van der Waals surface area contributed by atoms with Crippen LogP contribution in [0.3, 0.4) is 0 Å². The lowest BCUT2D eigenvalue weighted by Crippen LogP contribution is -2.33. The number of piperidine rings is 1. The molecule has 154 valence electrons. The van der Waals surface area contributed by atoms with Crippen LogP contribution < -0.4 is 4.74 Å². The highest BCUT2D eigenvalue weighted by molar-refractivity contribution is 5.95. The fourth-order valence-corrected chi connectivity index (χ4v) is 4.04. The summed E-state index contributed by atoms with van der Waals surface area (Å²) in [7, 11) is 0. The molecule has 0 bridgehead atoms. The number of ether oxygens (including phenoxy) is 2. The van der Waals surface area contributed by atoms with Gasteiger partial charge < -0.3 is 9.47 Å². The van der Waals surface area contributed by atoms with Gasteiger partial charge in [0.15, 0.2) is 0 Å². The largest absolute Gasteiger partial charge is 0.494 e. The van der Waals surface area contributed by atoms with Gasteiger partial charge in [-0.05, 0) is 81.9 Å². The third kappa shape index (κ3) is 5.60. The quantitative estimate of drug-likeness (QED) is 0.670. The van der Waals surface area contributed by atoms with Crippen molar-refractivity contribution >= 4 is 5.90 Å². The second-order valence-corrected chi connectivity index (χ2v) is 8.88. The average Bonchev–Trinajstić information content (AvgIpc) is 3.10. The predicted molar refractivity (Wildman–Crippen MR) is 118 cm³/mol. The monoisotopic (exact) mass is 392 g/mol. The zero-order valence-corrected chi connectivity index (χ0v) is 17.6. The van der Waals surface area contributed by atoms with Crippen LogP contribution in [0.15, 0.2) is 59.6 Å². The lowest BCUT2D eigenvalue weighted by atomic mass is 9.93. The molecule has 0 saturated carbocycles. The maximum Gasteiger partial charge on any atom is 0.216 e. The predicted octanol–water partition coefficient (Wildman–Crippen LogP) is 4.92. The van der Waals surface area contributed by atoms with Gasteiger partial charge in [0.05, 0.1) is 12.1 Å². The fourth-order valence-electron chi connectivity index (χ4n) is 4.04. The van der Waals surface area contributed by atoms with E-state index in [1.54, 1.807) is 0 Å². The summed E-state index contributed by atoms with van der Waals surface area (Å²) < 4.78 is 11.7. The van der Waals surface area contributed by atoms with Gasteiger partial charge in [0.25, 0.3) is 0 Å². The van der Waals surface area contributed by atoms with Gasteiger partial charge >= 0.3 is 0 Å². The maximum atomic E-state index is 6.00. The summed E-state index contributed by atoms with van der Waals surface area (Å²) in [4.78, 5) is 7.20. The van der Waals surface area contributed by atoms with Crippen molar-refractivity contribution in [3.8, 4) is 5.75 Å². The second-order valence-electron chi connectivity index (χ2n) is 8.88. The van der Waals surface area contributed by atoms with Crippen LogP contribution in [0.5, 0.6) is 5.75 Å². The normalized spacial score (nSPS) is 19.6. The Bertz CT molecular complexity index is 806. The van der Waals surface area contributed by atoms with E-state index in [-0.39, 0.29) is 5.54 Å². The minimum atomic E-state index is -0.124. The molecule has 1 fully saturated rings. The molecule has 0 atom stereocenters. The molecule has 2 aliphatic heterocycles. The lowest BCUT2D eigenvalue weighted by molar-refractivity contribution is 0.157. The third-order valence-corrected chi connectivity index (χ3v) is 5.82. The van der Waals surface area contributed by atoms with Crippen LogP contribution >= 0.6 is 0 Å². The van der Waals surface area contributed by atoms with Crippen molar-refractivity contribution in [2.24, 2.45) is 10.9 Å².